The van der Waals surface area contributed by atoms with Crippen LogP contribution in [0.15, 0.2) is 0 Å². The van der Waals surface area contributed by atoms with Crippen LogP contribution in [0.4, 0.5) is 4.79 Å². The summed E-state index contributed by atoms with van der Waals surface area (Å²) in [6.45, 7) is 10.5. The topological polar surface area (TPSA) is 54.0 Å². The van der Waals surface area contributed by atoms with Gasteiger partial charge in [0.25, 0.3) is 0 Å². The molecule has 0 aliphatic carbocycles. The Morgan fingerprint density at radius 2 is 1.86 bits per heavy atom. The van der Waals surface area contributed by atoms with Crippen molar-refractivity contribution in [3.05, 3.63) is 0 Å². The second-order valence-corrected chi connectivity index (χ2v) is 7.11. The van der Waals surface area contributed by atoms with Gasteiger partial charge >= 0.3 is 6.09 Å². The molecule has 6 nitrogen and oxygen atoms in total. The monoisotopic (exact) mass is 315 g/mol. The lowest BCUT2D eigenvalue weighted by molar-refractivity contribution is 0.0195. The zero-order valence-electron chi connectivity index (χ0n) is 14.9. The van der Waals surface area contributed by atoms with Crippen molar-refractivity contribution in [2.75, 3.05) is 53.5 Å². The fourth-order valence-corrected chi connectivity index (χ4v) is 2.28. The van der Waals surface area contributed by atoms with E-state index in [1.807, 2.05) is 34.9 Å². The van der Waals surface area contributed by atoms with Crippen LogP contribution in [-0.2, 0) is 9.47 Å². The quantitative estimate of drug-likeness (QED) is 0.723. The van der Waals surface area contributed by atoms with Gasteiger partial charge in [-0.1, -0.05) is 0 Å². The molecule has 1 rings (SSSR count). The van der Waals surface area contributed by atoms with Gasteiger partial charge in [0.1, 0.15) is 5.60 Å². The molecule has 22 heavy (non-hydrogen) atoms. The average Bonchev–Trinajstić information content (AvgIpc) is 2.41. The molecule has 0 saturated carbocycles. The Balaban J connectivity index is 2.09. The van der Waals surface area contributed by atoms with Crippen LogP contribution in [0.2, 0.25) is 0 Å². The number of nitrogens with zero attached hydrogens (tertiary/aromatic N) is 2. The van der Waals surface area contributed by atoms with E-state index in [9.17, 15) is 4.79 Å². The maximum absolute atomic E-state index is 12.0. The van der Waals surface area contributed by atoms with Crippen LogP contribution < -0.4 is 5.32 Å². The van der Waals surface area contributed by atoms with Gasteiger partial charge in [0.15, 0.2) is 0 Å². The van der Waals surface area contributed by atoms with Gasteiger partial charge in [-0.3, -0.25) is 0 Å². The van der Waals surface area contributed by atoms with Crippen LogP contribution in [0.5, 0.6) is 0 Å². The Labute approximate surface area is 135 Å². The van der Waals surface area contributed by atoms with Crippen molar-refractivity contribution < 1.29 is 14.3 Å². The molecular formula is C16H33N3O3. The molecule has 1 heterocycles. The first-order chi connectivity index (χ1) is 10.3. The van der Waals surface area contributed by atoms with E-state index in [1.54, 1.807) is 4.90 Å². The molecule has 1 N–H and O–H groups in total. The SMILES string of the molecule is CN(C)CCOCCNC1CCN(C(=O)OC(C)(C)C)CC1. The smallest absolute Gasteiger partial charge is 0.410 e. The molecular weight excluding hydrogens is 282 g/mol. The molecule has 0 aromatic carbocycles. The predicted molar refractivity (Wildman–Crippen MR) is 88.2 cm³/mol. The number of ether oxygens (including phenoxy) is 2. The Bertz CT molecular complexity index is 321. The minimum Gasteiger partial charge on any atom is -0.444 e. The summed E-state index contributed by atoms with van der Waals surface area (Å²) < 4.78 is 11.0. The highest BCUT2D eigenvalue weighted by molar-refractivity contribution is 5.68. The van der Waals surface area contributed by atoms with E-state index >= 15 is 0 Å². The van der Waals surface area contributed by atoms with E-state index in [-0.39, 0.29) is 6.09 Å². The number of likely N-dealkylation sites (N-methyl/N-ethyl adjacent to an activating group) is 1. The van der Waals surface area contributed by atoms with E-state index in [0.29, 0.717) is 6.04 Å². The number of hydrogen-bond donors (Lipinski definition) is 1. The van der Waals surface area contributed by atoms with Crippen LogP contribution in [-0.4, -0.2) is 81.0 Å². The summed E-state index contributed by atoms with van der Waals surface area (Å²) in [7, 11) is 4.08. The zero-order chi connectivity index (χ0) is 16.6. The Morgan fingerprint density at radius 1 is 1.23 bits per heavy atom. The first kappa shape index (κ1) is 19.2. The lowest BCUT2D eigenvalue weighted by Gasteiger charge is -2.33. The highest BCUT2D eigenvalue weighted by Gasteiger charge is 2.26. The summed E-state index contributed by atoms with van der Waals surface area (Å²) in [5, 5.41) is 3.50. The van der Waals surface area contributed by atoms with Crippen molar-refractivity contribution in [1.29, 1.82) is 0 Å². The van der Waals surface area contributed by atoms with Gasteiger partial charge in [-0.25, -0.2) is 4.79 Å². The minimum absolute atomic E-state index is 0.196. The number of carbonyl (C=O) groups excluding carboxylic acids is 1. The van der Waals surface area contributed by atoms with E-state index < -0.39 is 5.60 Å². The molecule has 0 atom stereocenters. The summed E-state index contributed by atoms with van der Waals surface area (Å²) in [5.74, 6) is 0. The Morgan fingerprint density at radius 3 is 2.41 bits per heavy atom. The molecule has 1 aliphatic heterocycles. The lowest BCUT2D eigenvalue weighted by atomic mass is 10.1. The maximum atomic E-state index is 12.0. The molecule has 1 amide bonds. The van der Waals surface area contributed by atoms with Gasteiger partial charge in [-0.15, -0.1) is 0 Å². The van der Waals surface area contributed by atoms with E-state index in [1.165, 1.54) is 0 Å². The third kappa shape index (κ3) is 8.56. The molecule has 0 spiro atoms. The highest BCUT2D eigenvalue weighted by atomic mass is 16.6. The van der Waals surface area contributed by atoms with Crippen molar-refractivity contribution in [2.45, 2.75) is 45.3 Å². The number of rotatable bonds is 7. The van der Waals surface area contributed by atoms with Crippen molar-refractivity contribution in [3.8, 4) is 0 Å². The molecule has 0 radical (unpaired) electrons. The number of carbonyl (C=O) groups is 1. The highest BCUT2D eigenvalue weighted by Crippen LogP contribution is 2.15. The maximum Gasteiger partial charge on any atom is 0.410 e. The van der Waals surface area contributed by atoms with Crippen LogP contribution in [0.1, 0.15) is 33.6 Å². The summed E-state index contributed by atoms with van der Waals surface area (Å²) in [6.07, 6.45) is 1.74. The number of amides is 1. The first-order valence-electron chi connectivity index (χ1n) is 8.22. The van der Waals surface area contributed by atoms with Gasteiger partial charge in [-0.05, 0) is 47.7 Å². The second kappa shape index (κ2) is 9.33. The number of hydrogen-bond acceptors (Lipinski definition) is 5. The number of piperidine rings is 1. The molecule has 0 aromatic rings. The van der Waals surface area contributed by atoms with Crippen LogP contribution >= 0.6 is 0 Å². The molecule has 1 aliphatic rings. The molecule has 0 bridgehead atoms. The normalized spacial score (nSPS) is 17.1. The fourth-order valence-electron chi connectivity index (χ4n) is 2.28. The largest absolute Gasteiger partial charge is 0.444 e. The van der Waals surface area contributed by atoms with Crippen molar-refractivity contribution in [3.63, 3.8) is 0 Å². The standard InChI is InChI=1S/C16H33N3O3/c1-16(2,3)22-15(20)19-9-6-14(7-10-19)17-8-12-21-13-11-18(4)5/h14,17H,6-13H2,1-5H3. The zero-order valence-corrected chi connectivity index (χ0v) is 14.9. The molecule has 0 unspecified atom stereocenters. The molecule has 130 valence electrons. The number of nitrogens with one attached hydrogen (secondary N) is 1. The third-order valence-electron chi connectivity index (χ3n) is 3.51. The third-order valence-corrected chi connectivity index (χ3v) is 3.51. The average molecular weight is 315 g/mol. The summed E-state index contributed by atoms with van der Waals surface area (Å²) >= 11 is 0. The molecule has 0 aromatic heterocycles. The molecule has 1 saturated heterocycles. The Hall–Kier alpha value is -0.850. The van der Waals surface area contributed by atoms with Gasteiger partial charge < -0.3 is 24.6 Å². The molecule has 1 fully saturated rings. The van der Waals surface area contributed by atoms with Crippen LogP contribution in [0.3, 0.4) is 0 Å². The van der Waals surface area contributed by atoms with Crippen molar-refractivity contribution >= 4 is 6.09 Å². The summed E-state index contributed by atoms with van der Waals surface area (Å²) in [6, 6.07) is 0.469. The Kier molecular flexibility index (Phi) is 8.14. The van der Waals surface area contributed by atoms with Gasteiger partial charge in [0, 0.05) is 32.2 Å². The van der Waals surface area contributed by atoms with Gasteiger partial charge in [0.2, 0.25) is 0 Å². The van der Waals surface area contributed by atoms with Crippen LogP contribution in [0.25, 0.3) is 0 Å². The van der Waals surface area contributed by atoms with E-state index in [4.69, 9.17) is 9.47 Å². The first-order valence-corrected chi connectivity index (χ1v) is 8.22. The van der Waals surface area contributed by atoms with Crippen molar-refractivity contribution in [1.82, 2.24) is 15.1 Å². The number of likely N-dealkylation sites (tertiary alicyclic amines) is 1. The summed E-state index contributed by atoms with van der Waals surface area (Å²) in [4.78, 5) is 15.9. The lowest BCUT2D eigenvalue weighted by Crippen LogP contribution is -2.47. The minimum atomic E-state index is -0.421. The summed E-state index contributed by atoms with van der Waals surface area (Å²) in [5.41, 5.74) is -0.421. The molecule has 6 heteroatoms. The van der Waals surface area contributed by atoms with Gasteiger partial charge in [-0.2, -0.15) is 0 Å². The van der Waals surface area contributed by atoms with E-state index in [2.05, 4.69) is 10.2 Å². The van der Waals surface area contributed by atoms with Crippen molar-refractivity contribution in [2.24, 2.45) is 0 Å². The predicted octanol–water partition coefficient (Wildman–Crippen LogP) is 1.55. The van der Waals surface area contributed by atoms with E-state index in [0.717, 1.165) is 52.2 Å². The fraction of sp³-hybridized carbons (Fsp3) is 0.938. The second-order valence-electron chi connectivity index (χ2n) is 7.11. The van der Waals surface area contributed by atoms with Gasteiger partial charge in [0.05, 0.1) is 13.2 Å². The van der Waals surface area contributed by atoms with Crippen LogP contribution in [0, 0.1) is 0 Å².